The smallest absolute Gasteiger partial charge is 0.322 e. The van der Waals surface area contributed by atoms with Crippen LogP contribution in [-0.4, -0.2) is 32.9 Å². The van der Waals surface area contributed by atoms with Gasteiger partial charge in [-0.1, -0.05) is 12.1 Å². The van der Waals surface area contributed by atoms with Crippen LogP contribution in [0.25, 0.3) is 16.8 Å². The number of carboxylic acids is 1. The number of imidazole rings is 1. The zero-order valence-electron chi connectivity index (χ0n) is 11.9. The number of fused-ring (bicyclic) bond motifs is 1. The van der Waals surface area contributed by atoms with Crippen molar-refractivity contribution < 1.29 is 19.1 Å². The molecule has 0 saturated carbocycles. The highest BCUT2D eigenvalue weighted by Crippen LogP contribution is 2.20. The summed E-state index contributed by atoms with van der Waals surface area (Å²) in [5.74, 6) is -1.99. The predicted octanol–water partition coefficient (Wildman–Crippen LogP) is 1.95. The van der Waals surface area contributed by atoms with E-state index in [0.29, 0.717) is 5.65 Å². The summed E-state index contributed by atoms with van der Waals surface area (Å²) >= 11 is 0. The van der Waals surface area contributed by atoms with E-state index in [1.807, 2.05) is 6.07 Å². The van der Waals surface area contributed by atoms with Crippen molar-refractivity contribution in [3.05, 3.63) is 60.3 Å². The molecule has 0 aliphatic heterocycles. The molecule has 0 unspecified atom stereocenters. The molecule has 1 amide bonds. The number of rotatable bonds is 4. The summed E-state index contributed by atoms with van der Waals surface area (Å²) in [6, 6.07) is 9.61. The molecule has 0 saturated heterocycles. The van der Waals surface area contributed by atoms with E-state index in [1.54, 1.807) is 28.8 Å². The number of halogens is 1. The fourth-order valence-electron chi connectivity index (χ4n) is 2.16. The van der Waals surface area contributed by atoms with Crippen LogP contribution >= 0.6 is 0 Å². The topological polar surface area (TPSA) is 83.7 Å². The highest BCUT2D eigenvalue weighted by molar-refractivity contribution is 5.94. The molecule has 0 aliphatic rings. The van der Waals surface area contributed by atoms with E-state index in [9.17, 15) is 14.0 Å². The Hall–Kier alpha value is -3.22. The first-order valence-corrected chi connectivity index (χ1v) is 6.77. The Morgan fingerprint density at radius 3 is 2.48 bits per heavy atom. The van der Waals surface area contributed by atoms with Crippen LogP contribution < -0.4 is 5.32 Å². The van der Waals surface area contributed by atoms with Gasteiger partial charge in [0.1, 0.15) is 23.7 Å². The van der Waals surface area contributed by atoms with Gasteiger partial charge in [-0.15, -0.1) is 0 Å². The number of pyridine rings is 1. The van der Waals surface area contributed by atoms with E-state index in [4.69, 9.17) is 5.11 Å². The van der Waals surface area contributed by atoms with E-state index in [-0.39, 0.29) is 11.5 Å². The van der Waals surface area contributed by atoms with E-state index >= 15 is 0 Å². The number of nitrogens with one attached hydrogen (secondary N) is 1. The first-order chi connectivity index (χ1) is 11.0. The SMILES string of the molecule is O=C(O)CNC(=O)c1cn2cc(-c3ccc(F)cc3)ccc2n1. The fraction of sp³-hybridized carbons (Fsp3) is 0.0625. The standard InChI is InChI=1S/C16H12FN3O3/c17-12-4-1-10(2-5-12)11-3-6-14-19-13(9-20(14)8-11)16(23)18-7-15(21)22/h1-6,8-9H,7H2,(H,18,23)(H,21,22). The van der Waals surface area contributed by atoms with Gasteiger partial charge in [0.15, 0.2) is 0 Å². The van der Waals surface area contributed by atoms with E-state index in [2.05, 4.69) is 10.3 Å². The van der Waals surface area contributed by atoms with Crippen molar-refractivity contribution in [3.63, 3.8) is 0 Å². The Morgan fingerprint density at radius 1 is 1.09 bits per heavy atom. The van der Waals surface area contributed by atoms with Crippen LogP contribution in [0, 0.1) is 5.82 Å². The minimum Gasteiger partial charge on any atom is -0.480 e. The van der Waals surface area contributed by atoms with Crippen molar-refractivity contribution in [2.24, 2.45) is 0 Å². The van der Waals surface area contributed by atoms with Crippen LogP contribution in [0.4, 0.5) is 4.39 Å². The van der Waals surface area contributed by atoms with E-state index in [1.165, 1.54) is 18.3 Å². The summed E-state index contributed by atoms with van der Waals surface area (Å²) in [5.41, 5.74) is 2.35. The molecule has 2 aromatic heterocycles. The normalized spacial score (nSPS) is 10.7. The second kappa shape index (κ2) is 5.88. The maximum atomic E-state index is 13.0. The van der Waals surface area contributed by atoms with Gasteiger partial charge in [-0.25, -0.2) is 9.37 Å². The molecule has 0 aliphatic carbocycles. The lowest BCUT2D eigenvalue weighted by Gasteiger charge is -2.02. The van der Waals surface area contributed by atoms with Gasteiger partial charge < -0.3 is 14.8 Å². The minimum absolute atomic E-state index is 0.127. The van der Waals surface area contributed by atoms with Crippen LogP contribution in [0.1, 0.15) is 10.5 Å². The Balaban J connectivity index is 1.90. The van der Waals surface area contributed by atoms with E-state index in [0.717, 1.165) is 11.1 Å². The van der Waals surface area contributed by atoms with Crippen molar-refractivity contribution in [1.82, 2.24) is 14.7 Å². The first-order valence-electron chi connectivity index (χ1n) is 6.77. The zero-order chi connectivity index (χ0) is 16.4. The highest BCUT2D eigenvalue weighted by atomic mass is 19.1. The number of amides is 1. The molecule has 0 bridgehead atoms. The second-order valence-corrected chi connectivity index (χ2v) is 4.89. The van der Waals surface area contributed by atoms with Gasteiger partial charge in [-0.3, -0.25) is 9.59 Å². The van der Waals surface area contributed by atoms with E-state index < -0.39 is 18.4 Å². The van der Waals surface area contributed by atoms with Crippen LogP contribution in [0.5, 0.6) is 0 Å². The molecule has 0 radical (unpaired) electrons. The molecule has 6 nitrogen and oxygen atoms in total. The maximum absolute atomic E-state index is 13.0. The molecule has 116 valence electrons. The summed E-state index contributed by atoms with van der Waals surface area (Å²) in [7, 11) is 0. The Kier molecular flexibility index (Phi) is 3.76. The summed E-state index contributed by atoms with van der Waals surface area (Å²) in [6.45, 7) is -0.465. The van der Waals surface area contributed by atoms with Crippen LogP contribution in [0.3, 0.4) is 0 Å². The van der Waals surface area contributed by atoms with Gasteiger partial charge in [-0.05, 0) is 35.4 Å². The third-order valence-corrected chi connectivity index (χ3v) is 3.26. The van der Waals surface area contributed by atoms with Crippen molar-refractivity contribution in [2.45, 2.75) is 0 Å². The monoisotopic (exact) mass is 313 g/mol. The highest BCUT2D eigenvalue weighted by Gasteiger charge is 2.12. The number of aliphatic carboxylic acids is 1. The number of benzene rings is 1. The Labute approximate surface area is 130 Å². The first kappa shape index (κ1) is 14.7. The molecule has 0 fully saturated rings. The van der Waals surface area contributed by atoms with Gasteiger partial charge in [0.2, 0.25) is 0 Å². The van der Waals surface area contributed by atoms with Crippen LogP contribution in [0.2, 0.25) is 0 Å². The Morgan fingerprint density at radius 2 is 1.78 bits per heavy atom. The number of hydrogen-bond acceptors (Lipinski definition) is 3. The van der Waals surface area contributed by atoms with Crippen molar-refractivity contribution >= 4 is 17.5 Å². The largest absolute Gasteiger partial charge is 0.480 e. The van der Waals surface area contributed by atoms with Crippen molar-refractivity contribution in [2.75, 3.05) is 6.54 Å². The van der Waals surface area contributed by atoms with Gasteiger partial charge in [0.05, 0.1) is 0 Å². The third-order valence-electron chi connectivity index (χ3n) is 3.26. The molecular formula is C16H12FN3O3. The average molecular weight is 313 g/mol. The van der Waals surface area contributed by atoms with Gasteiger partial charge in [0, 0.05) is 12.4 Å². The van der Waals surface area contributed by atoms with Gasteiger partial charge >= 0.3 is 5.97 Å². The molecule has 2 heterocycles. The van der Waals surface area contributed by atoms with Gasteiger partial charge in [-0.2, -0.15) is 0 Å². The predicted molar refractivity (Wildman–Crippen MR) is 80.6 cm³/mol. The lowest BCUT2D eigenvalue weighted by molar-refractivity contribution is -0.135. The number of hydrogen-bond donors (Lipinski definition) is 2. The third kappa shape index (κ3) is 3.18. The number of carbonyl (C=O) groups excluding carboxylic acids is 1. The molecule has 3 rings (SSSR count). The fourth-order valence-corrected chi connectivity index (χ4v) is 2.16. The number of carbonyl (C=O) groups is 2. The Bertz CT molecular complexity index is 887. The number of carboxylic acid groups (broad SMARTS) is 1. The molecule has 0 spiro atoms. The molecule has 1 aromatic carbocycles. The summed E-state index contributed by atoms with van der Waals surface area (Å²) in [5, 5.41) is 10.8. The molecule has 3 aromatic rings. The summed E-state index contributed by atoms with van der Waals surface area (Å²) in [6.07, 6.45) is 3.28. The quantitative estimate of drug-likeness (QED) is 0.771. The zero-order valence-corrected chi connectivity index (χ0v) is 11.9. The van der Waals surface area contributed by atoms with Crippen LogP contribution in [0.15, 0.2) is 48.8 Å². The summed E-state index contributed by atoms with van der Waals surface area (Å²) < 4.78 is 14.6. The second-order valence-electron chi connectivity index (χ2n) is 4.89. The molecular weight excluding hydrogens is 301 g/mol. The molecule has 2 N–H and O–H groups in total. The summed E-state index contributed by atoms with van der Waals surface area (Å²) in [4.78, 5) is 26.4. The van der Waals surface area contributed by atoms with Crippen molar-refractivity contribution in [3.8, 4) is 11.1 Å². The lowest BCUT2D eigenvalue weighted by atomic mass is 10.1. The van der Waals surface area contributed by atoms with Crippen molar-refractivity contribution in [1.29, 1.82) is 0 Å². The average Bonchev–Trinajstić information content (AvgIpc) is 2.96. The number of aromatic nitrogens is 2. The molecule has 7 heteroatoms. The van der Waals surface area contributed by atoms with Crippen LogP contribution in [-0.2, 0) is 4.79 Å². The van der Waals surface area contributed by atoms with Gasteiger partial charge in [0.25, 0.3) is 5.91 Å². The molecule has 0 atom stereocenters. The lowest BCUT2D eigenvalue weighted by Crippen LogP contribution is -2.29. The number of nitrogens with zero attached hydrogens (tertiary/aromatic N) is 2. The minimum atomic E-state index is -1.12. The molecule has 23 heavy (non-hydrogen) atoms. The maximum Gasteiger partial charge on any atom is 0.322 e.